The van der Waals surface area contributed by atoms with Crippen molar-refractivity contribution in [2.45, 2.75) is 90.7 Å². The third-order valence-corrected chi connectivity index (χ3v) is 11.4. The van der Waals surface area contributed by atoms with Gasteiger partial charge in [-0.05, 0) is 118 Å². The molecule has 4 aliphatic rings. The highest BCUT2D eigenvalue weighted by molar-refractivity contribution is 5.82. The summed E-state index contributed by atoms with van der Waals surface area (Å²) >= 11 is 0. The maximum atomic E-state index is 14.2. The van der Waals surface area contributed by atoms with Crippen LogP contribution in [0.15, 0.2) is 12.1 Å². The van der Waals surface area contributed by atoms with E-state index in [1.807, 2.05) is 6.92 Å². The summed E-state index contributed by atoms with van der Waals surface area (Å²) in [5, 5.41) is 19.3. The number of ketones is 1. The van der Waals surface area contributed by atoms with Crippen molar-refractivity contribution in [1.82, 2.24) is 15.0 Å². The second-order valence-corrected chi connectivity index (χ2v) is 13.3. The predicted molar refractivity (Wildman–Crippen MR) is 139 cm³/mol. The van der Waals surface area contributed by atoms with E-state index in [0.29, 0.717) is 30.3 Å². The van der Waals surface area contributed by atoms with Crippen molar-refractivity contribution in [3.8, 4) is 0 Å². The van der Waals surface area contributed by atoms with Crippen LogP contribution in [0.5, 0.6) is 0 Å². The number of carbonyl (C=O) groups is 1. The Balaban J connectivity index is 1.22. The van der Waals surface area contributed by atoms with Crippen molar-refractivity contribution in [2.75, 3.05) is 13.2 Å². The van der Waals surface area contributed by atoms with E-state index in [4.69, 9.17) is 4.74 Å². The Morgan fingerprint density at radius 2 is 1.89 bits per heavy atom. The minimum atomic E-state index is -1.02. The van der Waals surface area contributed by atoms with Gasteiger partial charge in [0.05, 0.1) is 12.2 Å². The molecule has 0 spiro atoms. The number of fused-ring (bicyclic) bond motifs is 6. The lowest BCUT2D eigenvalue weighted by atomic mass is 9.43. The van der Waals surface area contributed by atoms with Gasteiger partial charge in [-0.25, -0.2) is 8.78 Å². The maximum absolute atomic E-state index is 14.2. The van der Waals surface area contributed by atoms with Crippen LogP contribution in [0, 0.1) is 52.1 Å². The van der Waals surface area contributed by atoms with Gasteiger partial charge < -0.3 is 9.84 Å². The van der Waals surface area contributed by atoms with Crippen molar-refractivity contribution in [2.24, 2.45) is 40.4 Å². The van der Waals surface area contributed by atoms with Gasteiger partial charge in [0.15, 0.2) is 22.9 Å². The first-order valence-corrected chi connectivity index (χ1v) is 14.6. The van der Waals surface area contributed by atoms with Crippen molar-refractivity contribution in [3.05, 3.63) is 23.8 Å². The maximum Gasteiger partial charge on any atom is 0.188 e. The lowest BCUT2D eigenvalue weighted by Crippen LogP contribution is -2.58. The molecule has 6 nitrogen and oxygen atoms in total. The first-order chi connectivity index (χ1) is 18.1. The zero-order valence-corrected chi connectivity index (χ0v) is 22.9. The number of aromatic nitrogens is 3. The van der Waals surface area contributed by atoms with Gasteiger partial charge in [0.1, 0.15) is 12.1 Å². The SMILES string of the molecule is CCOC[C@]12CC[C@@](C)(O)C[C@@H]1CC[C@H]1[C@@H]3CC[C@H](C(=O)Cn4nc5ccc(F)c(F)c5n4)C3(C)CC[C@@H]12. The molecule has 1 aromatic carbocycles. The molecule has 8 atom stereocenters. The van der Waals surface area contributed by atoms with Crippen LogP contribution in [0.3, 0.4) is 0 Å². The molecule has 0 aliphatic heterocycles. The average molecular weight is 530 g/mol. The van der Waals surface area contributed by atoms with Crippen LogP contribution in [0.1, 0.15) is 78.6 Å². The van der Waals surface area contributed by atoms with Gasteiger partial charge in [-0.1, -0.05) is 6.92 Å². The smallest absolute Gasteiger partial charge is 0.188 e. The highest BCUT2D eigenvalue weighted by atomic mass is 19.2. The van der Waals surface area contributed by atoms with Gasteiger partial charge in [0.2, 0.25) is 0 Å². The highest BCUT2D eigenvalue weighted by Crippen LogP contribution is 2.68. The monoisotopic (exact) mass is 529 g/mol. The molecule has 38 heavy (non-hydrogen) atoms. The Labute approximate surface area is 223 Å². The Morgan fingerprint density at radius 3 is 2.68 bits per heavy atom. The number of halogens is 2. The Kier molecular flexibility index (Phi) is 6.45. The highest BCUT2D eigenvalue weighted by Gasteiger charge is 2.63. The number of hydrogen-bond acceptors (Lipinski definition) is 5. The molecule has 2 aromatic rings. The minimum absolute atomic E-state index is 0.0117. The molecule has 0 radical (unpaired) electrons. The molecule has 6 rings (SSSR count). The fourth-order valence-electron chi connectivity index (χ4n) is 9.62. The molecular weight excluding hydrogens is 488 g/mol. The van der Waals surface area contributed by atoms with Gasteiger partial charge in [0.25, 0.3) is 0 Å². The summed E-state index contributed by atoms with van der Waals surface area (Å²) in [6, 6.07) is 2.44. The van der Waals surface area contributed by atoms with E-state index in [1.54, 1.807) is 0 Å². The molecule has 1 N–H and O–H groups in total. The number of aliphatic hydroxyl groups is 1. The molecule has 4 aliphatic carbocycles. The summed E-state index contributed by atoms with van der Waals surface area (Å²) in [6.07, 6.45) is 9.04. The summed E-state index contributed by atoms with van der Waals surface area (Å²) in [6.45, 7) is 7.87. The molecule has 0 amide bonds. The van der Waals surface area contributed by atoms with Gasteiger partial charge in [0, 0.05) is 12.5 Å². The lowest BCUT2D eigenvalue weighted by molar-refractivity contribution is -0.178. The Bertz CT molecular complexity index is 1230. The number of benzene rings is 1. The van der Waals surface area contributed by atoms with Crippen molar-refractivity contribution >= 4 is 16.8 Å². The van der Waals surface area contributed by atoms with Gasteiger partial charge in [-0.2, -0.15) is 9.90 Å². The summed E-state index contributed by atoms with van der Waals surface area (Å²) in [4.78, 5) is 14.9. The number of nitrogens with zero attached hydrogens (tertiary/aromatic N) is 3. The summed E-state index contributed by atoms with van der Waals surface area (Å²) in [5.41, 5.74) is -0.390. The average Bonchev–Trinajstić information content (AvgIpc) is 3.45. The zero-order chi connectivity index (χ0) is 26.9. The molecule has 1 aromatic heterocycles. The molecule has 0 saturated heterocycles. The molecule has 4 fully saturated rings. The molecule has 0 bridgehead atoms. The van der Waals surface area contributed by atoms with Crippen LogP contribution in [0.2, 0.25) is 0 Å². The van der Waals surface area contributed by atoms with Gasteiger partial charge >= 0.3 is 0 Å². The van der Waals surface area contributed by atoms with Crippen LogP contribution in [0.4, 0.5) is 8.78 Å². The minimum Gasteiger partial charge on any atom is -0.390 e. The number of carbonyl (C=O) groups excluding carboxylic acids is 1. The second kappa shape index (κ2) is 9.33. The van der Waals surface area contributed by atoms with E-state index in [9.17, 15) is 18.7 Å². The normalized spacial score (nSPS) is 40.5. The molecule has 1 heterocycles. The van der Waals surface area contributed by atoms with E-state index in [2.05, 4.69) is 24.0 Å². The number of ether oxygens (including phenoxy) is 1. The van der Waals surface area contributed by atoms with Crippen molar-refractivity contribution in [3.63, 3.8) is 0 Å². The quantitative estimate of drug-likeness (QED) is 0.519. The summed E-state index contributed by atoms with van der Waals surface area (Å²) < 4.78 is 33.9. The van der Waals surface area contributed by atoms with E-state index >= 15 is 0 Å². The van der Waals surface area contributed by atoms with Crippen LogP contribution < -0.4 is 0 Å². The number of rotatable bonds is 6. The molecule has 8 heteroatoms. The first-order valence-electron chi connectivity index (χ1n) is 14.6. The Hall–Kier alpha value is -1.93. The van der Waals surface area contributed by atoms with Crippen LogP contribution in [0.25, 0.3) is 11.0 Å². The summed E-state index contributed by atoms with van der Waals surface area (Å²) in [5.74, 6) is 0.185. The van der Waals surface area contributed by atoms with Crippen molar-refractivity contribution in [1.29, 1.82) is 0 Å². The molecule has 1 unspecified atom stereocenters. The van der Waals surface area contributed by atoms with E-state index in [-0.39, 0.29) is 40.1 Å². The van der Waals surface area contributed by atoms with Crippen LogP contribution in [-0.4, -0.2) is 44.7 Å². The zero-order valence-electron chi connectivity index (χ0n) is 22.9. The van der Waals surface area contributed by atoms with Gasteiger partial charge in [-0.15, -0.1) is 5.10 Å². The van der Waals surface area contributed by atoms with E-state index in [1.165, 1.54) is 10.9 Å². The molecule has 4 saturated carbocycles. The first kappa shape index (κ1) is 26.3. The Morgan fingerprint density at radius 1 is 1.08 bits per heavy atom. The fourth-order valence-corrected chi connectivity index (χ4v) is 9.62. The van der Waals surface area contributed by atoms with E-state index in [0.717, 1.165) is 70.5 Å². The number of Topliss-reactive ketones (excluding diaryl/α,β-unsaturated/α-hetero) is 1. The largest absolute Gasteiger partial charge is 0.390 e. The fraction of sp³-hybridized carbons (Fsp3) is 0.767. The molecular formula is C30H41F2N3O3. The van der Waals surface area contributed by atoms with Crippen molar-refractivity contribution < 1.29 is 23.4 Å². The molecule has 208 valence electrons. The standard InChI is InChI=1S/C30H41F2N3O3/c1-4-38-17-30-14-13-28(2,37)15-18(30)5-6-19-20-7-8-22(29(20,3)12-11-21(19)30)25(36)16-35-33-24-10-9-23(31)26(32)27(24)34-35/h9-10,18-22,37H,4-8,11-17H2,1-3H3/t18-,19-,20-,21-,22+,28+,29?,30+/m0/s1. The lowest BCUT2D eigenvalue weighted by Gasteiger charge is -2.62. The topological polar surface area (TPSA) is 77.2 Å². The number of hydrogen-bond donors (Lipinski definition) is 1. The van der Waals surface area contributed by atoms with Crippen LogP contribution in [-0.2, 0) is 16.1 Å². The third-order valence-electron chi connectivity index (χ3n) is 11.4. The van der Waals surface area contributed by atoms with E-state index < -0.39 is 17.2 Å². The van der Waals surface area contributed by atoms with Gasteiger partial charge in [-0.3, -0.25) is 4.79 Å². The third kappa shape index (κ3) is 4.04. The predicted octanol–water partition coefficient (Wildman–Crippen LogP) is 5.71. The summed E-state index contributed by atoms with van der Waals surface area (Å²) in [7, 11) is 0. The second-order valence-electron chi connectivity index (χ2n) is 13.3. The van der Waals surface area contributed by atoms with Crippen LogP contribution >= 0.6 is 0 Å².